The van der Waals surface area contributed by atoms with Crippen LogP contribution in [0.1, 0.15) is 43.0 Å². The first-order chi connectivity index (χ1) is 9.67. The Morgan fingerprint density at radius 2 is 2.05 bits per heavy atom. The summed E-state index contributed by atoms with van der Waals surface area (Å²) in [6, 6.07) is 6.95. The molecule has 0 bridgehead atoms. The summed E-state index contributed by atoms with van der Waals surface area (Å²) < 4.78 is 0. The van der Waals surface area contributed by atoms with E-state index in [9.17, 15) is 9.59 Å². The molecule has 2 N–H and O–H groups in total. The normalized spacial score (nSPS) is 10.1. The molecular weight excluding hydrogens is 276 g/mol. The Morgan fingerprint density at radius 3 is 2.75 bits per heavy atom. The van der Waals surface area contributed by atoms with Gasteiger partial charge in [-0.15, -0.1) is 11.6 Å². The third kappa shape index (κ3) is 6.06. The molecule has 110 valence electrons. The van der Waals surface area contributed by atoms with Crippen LogP contribution in [0.2, 0.25) is 0 Å². The largest absolute Gasteiger partial charge is 0.352 e. The predicted molar refractivity (Wildman–Crippen MR) is 82.3 cm³/mol. The molecule has 1 aromatic carbocycles. The summed E-state index contributed by atoms with van der Waals surface area (Å²) in [6.07, 6.45) is 2.93. The average Bonchev–Trinajstić information content (AvgIpc) is 2.45. The SMILES string of the molecule is CCCNC(=O)c1cccc(NC(=O)CCCCCl)c1. The highest BCUT2D eigenvalue weighted by Gasteiger charge is 2.07. The van der Waals surface area contributed by atoms with E-state index in [0.29, 0.717) is 30.1 Å². The minimum absolute atomic E-state index is 0.0544. The zero-order valence-electron chi connectivity index (χ0n) is 11.7. The highest BCUT2D eigenvalue weighted by Crippen LogP contribution is 2.11. The molecule has 0 radical (unpaired) electrons. The van der Waals surface area contributed by atoms with Gasteiger partial charge in [-0.3, -0.25) is 9.59 Å². The molecule has 0 aromatic heterocycles. The first-order valence-electron chi connectivity index (χ1n) is 6.91. The van der Waals surface area contributed by atoms with Crippen molar-refractivity contribution in [1.29, 1.82) is 0 Å². The van der Waals surface area contributed by atoms with Gasteiger partial charge in [-0.25, -0.2) is 0 Å². The molecule has 1 rings (SSSR count). The molecule has 0 heterocycles. The third-order valence-electron chi connectivity index (χ3n) is 2.73. The van der Waals surface area contributed by atoms with E-state index >= 15 is 0 Å². The zero-order valence-corrected chi connectivity index (χ0v) is 12.5. The van der Waals surface area contributed by atoms with Crippen molar-refractivity contribution in [3.63, 3.8) is 0 Å². The molecule has 0 atom stereocenters. The molecule has 2 amide bonds. The lowest BCUT2D eigenvalue weighted by atomic mass is 10.1. The van der Waals surface area contributed by atoms with Crippen molar-refractivity contribution in [3.05, 3.63) is 29.8 Å². The minimum Gasteiger partial charge on any atom is -0.352 e. The number of alkyl halides is 1. The summed E-state index contributed by atoms with van der Waals surface area (Å²) >= 11 is 5.57. The summed E-state index contributed by atoms with van der Waals surface area (Å²) in [5, 5.41) is 5.59. The van der Waals surface area contributed by atoms with Crippen molar-refractivity contribution < 1.29 is 9.59 Å². The van der Waals surface area contributed by atoms with E-state index in [-0.39, 0.29) is 11.8 Å². The van der Waals surface area contributed by atoms with Gasteiger partial charge >= 0.3 is 0 Å². The maximum absolute atomic E-state index is 11.8. The fourth-order valence-corrected chi connectivity index (χ4v) is 1.87. The van der Waals surface area contributed by atoms with Gasteiger partial charge in [0.15, 0.2) is 0 Å². The summed E-state index contributed by atoms with van der Waals surface area (Å²) in [4.78, 5) is 23.5. The number of carbonyl (C=O) groups is 2. The van der Waals surface area contributed by atoms with Crippen LogP contribution >= 0.6 is 11.6 Å². The van der Waals surface area contributed by atoms with Crippen LogP contribution in [-0.2, 0) is 4.79 Å². The maximum atomic E-state index is 11.8. The number of benzene rings is 1. The fourth-order valence-electron chi connectivity index (χ4n) is 1.68. The van der Waals surface area contributed by atoms with E-state index in [1.165, 1.54) is 0 Å². The van der Waals surface area contributed by atoms with Gasteiger partial charge in [0.25, 0.3) is 5.91 Å². The molecule has 1 aromatic rings. The van der Waals surface area contributed by atoms with Crippen LogP contribution in [0.4, 0.5) is 5.69 Å². The van der Waals surface area contributed by atoms with Gasteiger partial charge in [-0.2, -0.15) is 0 Å². The second-order valence-corrected chi connectivity index (χ2v) is 4.91. The lowest BCUT2D eigenvalue weighted by molar-refractivity contribution is -0.116. The van der Waals surface area contributed by atoms with Crippen molar-refractivity contribution in [1.82, 2.24) is 5.32 Å². The molecule has 0 fully saturated rings. The highest BCUT2D eigenvalue weighted by atomic mass is 35.5. The summed E-state index contributed by atoms with van der Waals surface area (Å²) in [6.45, 7) is 2.64. The number of hydrogen-bond donors (Lipinski definition) is 2. The molecule has 20 heavy (non-hydrogen) atoms. The van der Waals surface area contributed by atoms with Gasteiger partial charge in [0.05, 0.1) is 0 Å². The number of rotatable bonds is 8. The molecule has 0 saturated heterocycles. The number of unbranched alkanes of at least 4 members (excludes halogenated alkanes) is 1. The summed E-state index contributed by atoms with van der Waals surface area (Å²) in [5.74, 6) is 0.395. The Kier molecular flexibility index (Phi) is 7.73. The molecule has 4 nitrogen and oxygen atoms in total. The van der Waals surface area contributed by atoms with E-state index in [1.807, 2.05) is 6.92 Å². The molecule has 0 spiro atoms. The Bertz CT molecular complexity index is 449. The van der Waals surface area contributed by atoms with Crippen LogP contribution in [0.25, 0.3) is 0 Å². The smallest absolute Gasteiger partial charge is 0.251 e. The lowest BCUT2D eigenvalue weighted by Gasteiger charge is -2.08. The first kappa shape index (κ1) is 16.5. The Hall–Kier alpha value is -1.55. The van der Waals surface area contributed by atoms with Crippen LogP contribution in [-0.4, -0.2) is 24.2 Å². The zero-order chi connectivity index (χ0) is 14.8. The topological polar surface area (TPSA) is 58.2 Å². The van der Waals surface area contributed by atoms with Crippen molar-refractivity contribution in [3.8, 4) is 0 Å². The quantitative estimate of drug-likeness (QED) is 0.572. The van der Waals surface area contributed by atoms with E-state index in [2.05, 4.69) is 10.6 Å². The lowest BCUT2D eigenvalue weighted by Crippen LogP contribution is -2.24. The number of halogens is 1. The summed E-state index contributed by atoms with van der Waals surface area (Å²) in [7, 11) is 0. The van der Waals surface area contributed by atoms with Gasteiger partial charge in [0, 0.05) is 30.1 Å². The second-order valence-electron chi connectivity index (χ2n) is 4.53. The molecule has 0 saturated carbocycles. The molecule has 0 unspecified atom stereocenters. The number of anilines is 1. The van der Waals surface area contributed by atoms with E-state index < -0.39 is 0 Å². The van der Waals surface area contributed by atoms with Crippen LogP contribution in [0.3, 0.4) is 0 Å². The predicted octanol–water partition coefficient (Wildman–Crippen LogP) is 3.17. The van der Waals surface area contributed by atoms with Crippen LogP contribution < -0.4 is 10.6 Å². The second kappa shape index (κ2) is 9.37. The van der Waals surface area contributed by atoms with E-state index in [1.54, 1.807) is 24.3 Å². The van der Waals surface area contributed by atoms with Crippen molar-refractivity contribution >= 4 is 29.1 Å². The highest BCUT2D eigenvalue weighted by molar-refractivity contribution is 6.17. The van der Waals surface area contributed by atoms with Crippen molar-refractivity contribution in [2.75, 3.05) is 17.7 Å². The number of hydrogen-bond acceptors (Lipinski definition) is 2. The van der Waals surface area contributed by atoms with Gasteiger partial charge in [0.1, 0.15) is 0 Å². The standard InChI is InChI=1S/C15H21ClN2O2/c1-2-10-17-15(20)12-6-5-7-13(11-12)18-14(19)8-3-4-9-16/h5-7,11H,2-4,8-10H2,1H3,(H,17,20)(H,18,19). The maximum Gasteiger partial charge on any atom is 0.251 e. The van der Waals surface area contributed by atoms with Gasteiger partial charge < -0.3 is 10.6 Å². The van der Waals surface area contributed by atoms with E-state index in [0.717, 1.165) is 19.3 Å². The minimum atomic E-state index is -0.120. The molecule has 0 aliphatic carbocycles. The number of carbonyl (C=O) groups excluding carboxylic acids is 2. The Morgan fingerprint density at radius 1 is 1.25 bits per heavy atom. The molecule has 0 aliphatic rings. The average molecular weight is 297 g/mol. The fraction of sp³-hybridized carbons (Fsp3) is 0.467. The third-order valence-corrected chi connectivity index (χ3v) is 3.00. The monoisotopic (exact) mass is 296 g/mol. The first-order valence-corrected chi connectivity index (χ1v) is 7.45. The van der Waals surface area contributed by atoms with Gasteiger partial charge in [-0.05, 0) is 37.5 Å². The van der Waals surface area contributed by atoms with Gasteiger partial charge in [-0.1, -0.05) is 13.0 Å². The van der Waals surface area contributed by atoms with Gasteiger partial charge in [0.2, 0.25) is 5.91 Å². The Labute approximate surface area is 124 Å². The van der Waals surface area contributed by atoms with Crippen molar-refractivity contribution in [2.45, 2.75) is 32.6 Å². The van der Waals surface area contributed by atoms with E-state index in [4.69, 9.17) is 11.6 Å². The molecule has 0 aliphatic heterocycles. The van der Waals surface area contributed by atoms with Crippen LogP contribution in [0.15, 0.2) is 24.3 Å². The van der Waals surface area contributed by atoms with Crippen LogP contribution in [0, 0.1) is 0 Å². The number of nitrogens with one attached hydrogen (secondary N) is 2. The number of amides is 2. The van der Waals surface area contributed by atoms with Crippen molar-refractivity contribution in [2.24, 2.45) is 0 Å². The Balaban J connectivity index is 2.54. The molecule has 5 heteroatoms. The molecular formula is C15H21ClN2O2. The van der Waals surface area contributed by atoms with Crippen LogP contribution in [0.5, 0.6) is 0 Å². The summed E-state index contributed by atoms with van der Waals surface area (Å²) in [5.41, 5.74) is 1.20.